The molecule has 0 aliphatic carbocycles. The predicted octanol–water partition coefficient (Wildman–Crippen LogP) is 4.44. The van der Waals surface area contributed by atoms with Gasteiger partial charge in [-0.1, -0.05) is 5.16 Å². The second-order valence-electron chi connectivity index (χ2n) is 7.62. The summed E-state index contributed by atoms with van der Waals surface area (Å²) in [5.74, 6) is 0.482. The number of benzene rings is 1. The molecule has 13 heteroatoms. The fourth-order valence-electron chi connectivity index (χ4n) is 3.52. The Morgan fingerprint density at radius 2 is 1.56 bits per heavy atom. The summed E-state index contributed by atoms with van der Waals surface area (Å²) in [4.78, 5) is 24.3. The van der Waals surface area contributed by atoms with Gasteiger partial charge in [0.05, 0.1) is 11.1 Å². The molecule has 0 radical (unpaired) electrons. The summed E-state index contributed by atoms with van der Waals surface area (Å²) in [6, 6.07) is 4.36. The van der Waals surface area contributed by atoms with Gasteiger partial charge in [-0.05, 0) is 30.3 Å². The fourth-order valence-corrected chi connectivity index (χ4v) is 3.52. The standard InChI is InChI=1S/C21H17F6N5O2/c1-12-29-18(30-34-12)13-2-3-17(28-11-13)31-4-6-32(7-5-31)19(33)14-8-15(20(22,23)24)10-16(9-14)21(25,26)27/h2-3,8-11H,4-7H2,1H3. The molecule has 3 aromatic rings. The number of anilines is 1. The topological polar surface area (TPSA) is 75.4 Å². The van der Waals surface area contributed by atoms with Crippen molar-refractivity contribution in [2.45, 2.75) is 19.3 Å². The minimum atomic E-state index is -5.02. The maximum absolute atomic E-state index is 13.1. The number of piperazine rings is 1. The monoisotopic (exact) mass is 485 g/mol. The minimum Gasteiger partial charge on any atom is -0.353 e. The molecule has 7 nitrogen and oxygen atoms in total. The Hall–Kier alpha value is -3.64. The van der Waals surface area contributed by atoms with Crippen LogP contribution in [-0.2, 0) is 12.4 Å². The number of aromatic nitrogens is 3. The molecule has 4 rings (SSSR count). The quantitative estimate of drug-likeness (QED) is 0.511. The van der Waals surface area contributed by atoms with Crippen LogP contribution in [0.1, 0.15) is 27.4 Å². The van der Waals surface area contributed by atoms with Crippen LogP contribution in [0.2, 0.25) is 0 Å². The van der Waals surface area contributed by atoms with Gasteiger partial charge in [0.25, 0.3) is 5.91 Å². The molecule has 2 aromatic heterocycles. The van der Waals surface area contributed by atoms with Gasteiger partial charge < -0.3 is 14.3 Å². The molecule has 0 N–H and O–H groups in total. The average Bonchev–Trinajstić information content (AvgIpc) is 3.23. The van der Waals surface area contributed by atoms with Crippen LogP contribution in [0.15, 0.2) is 41.1 Å². The normalized spacial score (nSPS) is 15.0. The molecule has 34 heavy (non-hydrogen) atoms. The van der Waals surface area contributed by atoms with E-state index in [-0.39, 0.29) is 19.2 Å². The van der Waals surface area contributed by atoms with Gasteiger partial charge in [0, 0.05) is 50.4 Å². The van der Waals surface area contributed by atoms with Crippen LogP contribution in [0.3, 0.4) is 0 Å². The molecule has 0 unspecified atom stereocenters. The first-order chi connectivity index (χ1) is 15.9. The smallest absolute Gasteiger partial charge is 0.353 e. The number of hydrogen-bond donors (Lipinski definition) is 0. The molecule has 1 amide bonds. The second kappa shape index (κ2) is 8.61. The van der Waals surface area contributed by atoms with Crippen LogP contribution in [0, 0.1) is 6.92 Å². The summed E-state index contributed by atoms with van der Waals surface area (Å²) >= 11 is 0. The third kappa shape index (κ3) is 4.97. The van der Waals surface area contributed by atoms with Gasteiger partial charge in [-0.15, -0.1) is 0 Å². The SMILES string of the molecule is Cc1nc(-c2ccc(N3CCN(C(=O)c4cc(C(F)(F)F)cc(C(F)(F)F)c4)CC3)nc2)no1. The van der Waals surface area contributed by atoms with Gasteiger partial charge in [0.2, 0.25) is 11.7 Å². The number of hydrogen-bond acceptors (Lipinski definition) is 6. The van der Waals surface area contributed by atoms with Crippen molar-refractivity contribution in [3.05, 3.63) is 59.1 Å². The molecular weight excluding hydrogens is 468 g/mol. The van der Waals surface area contributed by atoms with E-state index in [4.69, 9.17) is 4.52 Å². The van der Waals surface area contributed by atoms with E-state index in [0.717, 1.165) is 0 Å². The number of aryl methyl sites for hydroxylation is 1. The van der Waals surface area contributed by atoms with Crippen LogP contribution in [0.5, 0.6) is 0 Å². The Kier molecular flexibility index (Phi) is 5.96. The lowest BCUT2D eigenvalue weighted by molar-refractivity contribution is -0.143. The lowest BCUT2D eigenvalue weighted by Gasteiger charge is -2.35. The van der Waals surface area contributed by atoms with Crippen molar-refractivity contribution in [2.75, 3.05) is 31.1 Å². The molecule has 180 valence electrons. The van der Waals surface area contributed by atoms with Gasteiger partial charge in [-0.25, -0.2) is 4.98 Å². The van der Waals surface area contributed by atoms with Crippen molar-refractivity contribution in [3.63, 3.8) is 0 Å². The highest BCUT2D eigenvalue weighted by molar-refractivity contribution is 5.95. The lowest BCUT2D eigenvalue weighted by atomic mass is 10.0. The summed E-state index contributed by atoms with van der Waals surface area (Å²) in [5, 5.41) is 3.80. The van der Waals surface area contributed by atoms with Crippen molar-refractivity contribution in [1.29, 1.82) is 0 Å². The number of rotatable bonds is 3. The zero-order valence-electron chi connectivity index (χ0n) is 17.6. The van der Waals surface area contributed by atoms with Crippen molar-refractivity contribution in [2.24, 2.45) is 0 Å². The Labute approximate surface area is 189 Å². The van der Waals surface area contributed by atoms with Gasteiger partial charge in [0.15, 0.2) is 0 Å². The maximum Gasteiger partial charge on any atom is 0.416 e. The molecule has 0 atom stereocenters. The molecule has 1 aromatic carbocycles. The van der Waals surface area contributed by atoms with Gasteiger partial charge in [0.1, 0.15) is 5.82 Å². The van der Waals surface area contributed by atoms with E-state index >= 15 is 0 Å². The number of carbonyl (C=O) groups excluding carboxylic acids is 1. The van der Waals surface area contributed by atoms with Crippen LogP contribution >= 0.6 is 0 Å². The lowest BCUT2D eigenvalue weighted by Crippen LogP contribution is -2.49. The number of amides is 1. The number of nitrogens with zero attached hydrogens (tertiary/aromatic N) is 5. The summed E-state index contributed by atoms with van der Waals surface area (Å²) in [6.07, 6.45) is -8.49. The van der Waals surface area contributed by atoms with E-state index in [1.807, 2.05) is 4.90 Å². The zero-order valence-corrected chi connectivity index (χ0v) is 17.6. The molecule has 1 aliphatic rings. The zero-order chi connectivity index (χ0) is 24.7. The molecule has 0 bridgehead atoms. The van der Waals surface area contributed by atoms with E-state index < -0.39 is 35.0 Å². The third-order valence-corrected chi connectivity index (χ3v) is 5.26. The number of pyridine rings is 1. The molecule has 1 fully saturated rings. The third-order valence-electron chi connectivity index (χ3n) is 5.26. The summed E-state index contributed by atoms with van der Waals surface area (Å²) in [5.41, 5.74) is -3.07. The van der Waals surface area contributed by atoms with E-state index in [1.54, 1.807) is 25.3 Å². The Morgan fingerprint density at radius 1 is 0.941 bits per heavy atom. The van der Waals surface area contributed by atoms with E-state index in [9.17, 15) is 31.1 Å². The maximum atomic E-state index is 13.1. The first-order valence-electron chi connectivity index (χ1n) is 10.0. The molecule has 3 heterocycles. The largest absolute Gasteiger partial charge is 0.416 e. The van der Waals surface area contributed by atoms with Gasteiger partial charge in [-0.2, -0.15) is 31.3 Å². The van der Waals surface area contributed by atoms with Gasteiger partial charge in [-0.3, -0.25) is 4.79 Å². The second-order valence-corrected chi connectivity index (χ2v) is 7.62. The number of carbonyl (C=O) groups is 1. The van der Waals surface area contributed by atoms with Crippen molar-refractivity contribution >= 4 is 11.7 Å². The molecule has 0 saturated carbocycles. The number of alkyl halides is 6. The minimum absolute atomic E-state index is 0.0000600. The summed E-state index contributed by atoms with van der Waals surface area (Å²) in [7, 11) is 0. The van der Waals surface area contributed by atoms with E-state index in [2.05, 4.69) is 15.1 Å². The van der Waals surface area contributed by atoms with Crippen LogP contribution in [0.4, 0.5) is 32.2 Å². The summed E-state index contributed by atoms with van der Waals surface area (Å²) in [6.45, 7) is 2.45. The first kappa shape index (κ1) is 23.5. The van der Waals surface area contributed by atoms with Crippen LogP contribution in [0.25, 0.3) is 11.4 Å². The Bertz CT molecular complexity index is 1150. The number of halogens is 6. The fraction of sp³-hybridized carbons (Fsp3) is 0.333. The van der Waals surface area contributed by atoms with Crippen LogP contribution < -0.4 is 4.90 Å². The van der Waals surface area contributed by atoms with Crippen molar-refractivity contribution < 1.29 is 35.7 Å². The molecule has 1 saturated heterocycles. The average molecular weight is 485 g/mol. The Balaban J connectivity index is 1.46. The highest BCUT2D eigenvalue weighted by Gasteiger charge is 2.38. The van der Waals surface area contributed by atoms with E-state index in [1.165, 1.54) is 4.90 Å². The predicted molar refractivity (Wildman–Crippen MR) is 107 cm³/mol. The molecule has 1 aliphatic heterocycles. The summed E-state index contributed by atoms with van der Waals surface area (Å²) < 4.78 is 83.5. The van der Waals surface area contributed by atoms with Crippen LogP contribution in [-0.4, -0.2) is 52.1 Å². The highest BCUT2D eigenvalue weighted by atomic mass is 19.4. The highest BCUT2D eigenvalue weighted by Crippen LogP contribution is 2.36. The molecule has 0 spiro atoms. The van der Waals surface area contributed by atoms with Gasteiger partial charge >= 0.3 is 12.4 Å². The van der Waals surface area contributed by atoms with E-state index in [0.29, 0.717) is 48.3 Å². The molecular formula is C21H17F6N5O2. The Morgan fingerprint density at radius 3 is 2.03 bits per heavy atom. The van der Waals surface area contributed by atoms with Crippen molar-refractivity contribution in [3.8, 4) is 11.4 Å². The van der Waals surface area contributed by atoms with Crippen molar-refractivity contribution in [1.82, 2.24) is 20.0 Å². The first-order valence-corrected chi connectivity index (χ1v) is 10.0.